The first-order valence-electron chi connectivity index (χ1n) is 9.83. The van der Waals surface area contributed by atoms with Crippen LogP contribution in [0.5, 0.6) is 0 Å². The van der Waals surface area contributed by atoms with Crippen molar-refractivity contribution < 1.29 is 0 Å². The summed E-state index contributed by atoms with van der Waals surface area (Å²) in [6, 6.07) is 13.6. The van der Waals surface area contributed by atoms with Crippen LogP contribution in [0.25, 0.3) is 22.2 Å². The molecule has 3 nitrogen and oxygen atoms in total. The predicted molar refractivity (Wildman–Crippen MR) is 110 cm³/mol. The van der Waals surface area contributed by atoms with E-state index >= 15 is 0 Å². The molecule has 0 spiro atoms. The third-order valence-corrected chi connectivity index (χ3v) is 7.53. The van der Waals surface area contributed by atoms with Gasteiger partial charge in [0.2, 0.25) is 0 Å². The van der Waals surface area contributed by atoms with Crippen molar-refractivity contribution in [3.63, 3.8) is 0 Å². The van der Waals surface area contributed by atoms with Crippen molar-refractivity contribution in [1.82, 2.24) is 14.5 Å². The zero-order valence-corrected chi connectivity index (χ0v) is 15.9. The molecule has 4 heterocycles. The minimum atomic E-state index is 0.493. The number of aromatic nitrogens is 3. The van der Waals surface area contributed by atoms with Gasteiger partial charge in [0.25, 0.3) is 0 Å². The van der Waals surface area contributed by atoms with Gasteiger partial charge in [0.05, 0.1) is 29.8 Å². The maximum atomic E-state index is 4.54. The van der Waals surface area contributed by atoms with Crippen LogP contribution in [-0.2, 0) is 0 Å². The van der Waals surface area contributed by atoms with E-state index in [1.165, 1.54) is 47.9 Å². The molecule has 1 atom stereocenters. The molecule has 0 N–H and O–H groups in total. The summed E-state index contributed by atoms with van der Waals surface area (Å²) in [5, 5.41) is 3.57. The predicted octanol–water partition coefficient (Wildman–Crippen LogP) is 6.04. The number of imidazole rings is 1. The summed E-state index contributed by atoms with van der Waals surface area (Å²) in [5.41, 5.74) is 5.33. The maximum Gasteiger partial charge on any atom is 0.0957 e. The second-order valence-electron chi connectivity index (χ2n) is 7.86. The SMILES string of the molecule is c1ccc2c(c1)nccc2[C@H]1CC[C@@H](C2c3sccc3-c3cncn32)CC1. The van der Waals surface area contributed by atoms with Crippen LogP contribution in [0.2, 0.25) is 0 Å². The molecule has 134 valence electrons. The number of pyridine rings is 1. The van der Waals surface area contributed by atoms with Crippen LogP contribution in [0.15, 0.2) is 60.5 Å². The van der Waals surface area contributed by atoms with Crippen LogP contribution in [0.4, 0.5) is 0 Å². The van der Waals surface area contributed by atoms with E-state index in [0.29, 0.717) is 17.9 Å². The van der Waals surface area contributed by atoms with Crippen LogP contribution in [0.1, 0.15) is 48.1 Å². The lowest BCUT2D eigenvalue weighted by Gasteiger charge is -2.33. The smallest absolute Gasteiger partial charge is 0.0957 e. The summed E-state index contributed by atoms with van der Waals surface area (Å²) in [6.07, 6.45) is 11.1. The summed E-state index contributed by atoms with van der Waals surface area (Å²) in [4.78, 5) is 10.5. The number of rotatable bonds is 2. The van der Waals surface area contributed by atoms with Gasteiger partial charge in [0.1, 0.15) is 0 Å². The molecular weight excluding hydrogens is 350 g/mol. The lowest BCUT2D eigenvalue weighted by atomic mass is 9.75. The summed E-state index contributed by atoms with van der Waals surface area (Å²) in [5.74, 6) is 1.36. The summed E-state index contributed by atoms with van der Waals surface area (Å²) < 4.78 is 2.42. The standard InChI is InChI=1S/C23H21N3S/c1-2-4-20-18(3-1)17(9-11-25-20)15-5-7-16(8-6-15)22-23-19(10-12-27-23)21-13-24-14-26(21)22/h1-4,9-16,22H,5-8H2/t15-,16+,22?. The lowest BCUT2D eigenvalue weighted by molar-refractivity contribution is 0.268. The minimum absolute atomic E-state index is 0.493. The highest BCUT2D eigenvalue weighted by Crippen LogP contribution is 2.51. The Labute approximate surface area is 162 Å². The maximum absolute atomic E-state index is 4.54. The van der Waals surface area contributed by atoms with E-state index in [4.69, 9.17) is 0 Å². The number of hydrogen-bond donors (Lipinski definition) is 0. The topological polar surface area (TPSA) is 30.7 Å². The molecule has 0 bridgehead atoms. The Bertz CT molecular complexity index is 1070. The molecule has 2 aliphatic rings. The zero-order chi connectivity index (χ0) is 17.8. The number of fused-ring (bicyclic) bond motifs is 4. The van der Waals surface area contributed by atoms with Crippen LogP contribution in [0, 0.1) is 5.92 Å². The van der Waals surface area contributed by atoms with Crippen molar-refractivity contribution in [2.45, 2.75) is 37.6 Å². The molecule has 0 radical (unpaired) electrons. The van der Waals surface area contributed by atoms with Crippen molar-refractivity contribution >= 4 is 22.2 Å². The summed E-state index contributed by atoms with van der Waals surface area (Å²) in [6.45, 7) is 0. The van der Waals surface area contributed by atoms with Crippen LogP contribution >= 0.6 is 11.3 Å². The molecule has 1 saturated carbocycles. The first kappa shape index (κ1) is 15.6. The molecule has 27 heavy (non-hydrogen) atoms. The Balaban J connectivity index is 1.28. The molecule has 1 aliphatic carbocycles. The normalized spacial score (nSPS) is 24.1. The molecule has 0 amide bonds. The molecule has 4 heteroatoms. The average molecular weight is 372 g/mol. The minimum Gasteiger partial charge on any atom is -0.322 e. The molecule has 6 rings (SSSR count). The Hall–Kier alpha value is -2.46. The van der Waals surface area contributed by atoms with E-state index in [0.717, 1.165) is 5.52 Å². The highest BCUT2D eigenvalue weighted by molar-refractivity contribution is 7.10. The molecular formula is C23H21N3S. The third kappa shape index (κ3) is 2.32. The fraction of sp³-hybridized carbons (Fsp3) is 0.304. The Kier molecular flexibility index (Phi) is 3.48. The second-order valence-corrected chi connectivity index (χ2v) is 8.81. The first-order valence-corrected chi connectivity index (χ1v) is 10.7. The summed E-state index contributed by atoms with van der Waals surface area (Å²) in [7, 11) is 0. The van der Waals surface area contributed by atoms with Crippen LogP contribution < -0.4 is 0 Å². The number of benzene rings is 1. The van der Waals surface area contributed by atoms with Gasteiger partial charge in [-0.2, -0.15) is 0 Å². The van der Waals surface area contributed by atoms with Crippen molar-refractivity contribution in [1.29, 1.82) is 0 Å². The van der Waals surface area contributed by atoms with Crippen molar-refractivity contribution in [2.75, 3.05) is 0 Å². The molecule has 0 saturated heterocycles. The van der Waals surface area contributed by atoms with E-state index in [1.54, 1.807) is 4.88 Å². The van der Waals surface area contributed by atoms with Gasteiger partial charge in [-0.15, -0.1) is 11.3 Å². The fourth-order valence-corrected chi connectivity index (χ4v) is 6.38. The van der Waals surface area contributed by atoms with Crippen molar-refractivity contribution in [3.05, 3.63) is 70.9 Å². The van der Waals surface area contributed by atoms with Crippen LogP contribution in [-0.4, -0.2) is 14.5 Å². The quantitative estimate of drug-likeness (QED) is 0.430. The largest absolute Gasteiger partial charge is 0.322 e. The first-order chi connectivity index (χ1) is 13.4. The van der Waals surface area contributed by atoms with Gasteiger partial charge < -0.3 is 4.57 Å². The van der Waals surface area contributed by atoms with Crippen molar-refractivity contribution in [3.8, 4) is 11.3 Å². The molecule has 1 unspecified atom stereocenters. The number of para-hydroxylation sites is 1. The van der Waals surface area contributed by atoms with Crippen LogP contribution in [0.3, 0.4) is 0 Å². The number of thiophene rings is 1. The average Bonchev–Trinajstić information content (AvgIpc) is 3.42. The monoisotopic (exact) mass is 371 g/mol. The van der Waals surface area contributed by atoms with E-state index in [2.05, 4.69) is 56.3 Å². The highest BCUT2D eigenvalue weighted by Gasteiger charge is 2.37. The molecule has 1 aromatic carbocycles. The third-order valence-electron chi connectivity index (χ3n) is 6.55. The van der Waals surface area contributed by atoms with Gasteiger partial charge >= 0.3 is 0 Å². The Morgan fingerprint density at radius 1 is 1.00 bits per heavy atom. The van der Waals surface area contributed by atoms with E-state index in [9.17, 15) is 0 Å². The van der Waals surface area contributed by atoms with Gasteiger partial charge in [-0.05, 0) is 66.7 Å². The molecule has 1 aliphatic heterocycles. The van der Waals surface area contributed by atoms with Crippen molar-refractivity contribution in [2.24, 2.45) is 5.92 Å². The van der Waals surface area contributed by atoms with E-state index in [-0.39, 0.29) is 0 Å². The molecule has 3 aromatic heterocycles. The molecule has 1 fully saturated rings. The fourth-order valence-electron chi connectivity index (χ4n) is 5.28. The zero-order valence-electron chi connectivity index (χ0n) is 15.1. The van der Waals surface area contributed by atoms with E-state index < -0.39 is 0 Å². The van der Waals surface area contributed by atoms with Gasteiger partial charge in [-0.1, -0.05) is 18.2 Å². The highest BCUT2D eigenvalue weighted by atomic mass is 32.1. The molecule has 4 aromatic rings. The number of hydrogen-bond acceptors (Lipinski definition) is 3. The van der Waals surface area contributed by atoms with Gasteiger partial charge in [-0.3, -0.25) is 4.98 Å². The van der Waals surface area contributed by atoms with E-state index in [1.807, 2.05) is 30.1 Å². The summed E-state index contributed by atoms with van der Waals surface area (Å²) >= 11 is 1.92. The van der Waals surface area contributed by atoms with Gasteiger partial charge in [0, 0.05) is 22.0 Å². The Morgan fingerprint density at radius 3 is 2.81 bits per heavy atom. The van der Waals surface area contributed by atoms with Gasteiger partial charge in [0.15, 0.2) is 0 Å². The Morgan fingerprint density at radius 2 is 1.89 bits per heavy atom. The lowest BCUT2D eigenvalue weighted by Crippen LogP contribution is -2.22. The van der Waals surface area contributed by atoms with Gasteiger partial charge in [-0.25, -0.2) is 4.98 Å². The number of nitrogens with zero attached hydrogens (tertiary/aromatic N) is 3. The second kappa shape index (κ2) is 6.03.